The highest BCUT2D eigenvalue weighted by atomic mass is 35.5. The van der Waals surface area contributed by atoms with Crippen LogP contribution in [-0.4, -0.2) is 33.2 Å². The quantitative estimate of drug-likeness (QED) is 0.782. The number of halogens is 1. The van der Waals surface area contributed by atoms with E-state index < -0.39 is 16.1 Å². The molecule has 2 atom stereocenters. The van der Waals surface area contributed by atoms with Crippen LogP contribution < -0.4 is 9.62 Å². The molecule has 5 nitrogen and oxygen atoms in total. The van der Waals surface area contributed by atoms with Crippen molar-refractivity contribution >= 4 is 33.2 Å². The van der Waals surface area contributed by atoms with Crippen molar-refractivity contribution in [2.45, 2.75) is 25.8 Å². The highest BCUT2D eigenvalue weighted by Gasteiger charge is 2.29. The summed E-state index contributed by atoms with van der Waals surface area (Å²) in [4.78, 5) is 12.6. The van der Waals surface area contributed by atoms with E-state index in [0.29, 0.717) is 17.3 Å². The Morgan fingerprint density at radius 2 is 1.77 bits per heavy atom. The van der Waals surface area contributed by atoms with Crippen molar-refractivity contribution in [1.29, 1.82) is 0 Å². The van der Waals surface area contributed by atoms with Crippen molar-refractivity contribution in [2.24, 2.45) is 0 Å². The lowest BCUT2D eigenvalue weighted by Crippen LogP contribution is -2.48. The molecule has 0 bridgehead atoms. The number of nitrogens with one attached hydrogen (secondary N) is 1. The standard InChI is InChI=1S/C19H23ClN2O3S/c1-14(16-8-5-4-6-9-16)13-21-19(23)15(2)22(26(3,24)25)18-11-7-10-17(20)12-18/h4-12,14-15H,13H2,1-3H3,(H,21,23)/t14-,15-/m0/s1. The van der Waals surface area contributed by atoms with Crippen LogP contribution in [0.3, 0.4) is 0 Å². The van der Waals surface area contributed by atoms with Gasteiger partial charge < -0.3 is 5.32 Å². The average molecular weight is 395 g/mol. The van der Waals surface area contributed by atoms with Crippen LogP contribution in [0.2, 0.25) is 5.02 Å². The third-order valence-electron chi connectivity index (χ3n) is 4.10. The van der Waals surface area contributed by atoms with Gasteiger partial charge in [-0.05, 0) is 36.6 Å². The summed E-state index contributed by atoms with van der Waals surface area (Å²) in [5.74, 6) is -0.247. The van der Waals surface area contributed by atoms with Gasteiger partial charge in [0.05, 0.1) is 11.9 Å². The Hall–Kier alpha value is -2.05. The van der Waals surface area contributed by atoms with Crippen molar-refractivity contribution in [3.8, 4) is 0 Å². The molecule has 7 heteroatoms. The van der Waals surface area contributed by atoms with Crippen molar-refractivity contribution < 1.29 is 13.2 Å². The maximum absolute atomic E-state index is 12.6. The van der Waals surface area contributed by atoms with Crippen LogP contribution in [0, 0.1) is 0 Å². The van der Waals surface area contributed by atoms with Crippen LogP contribution in [0.4, 0.5) is 5.69 Å². The van der Waals surface area contributed by atoms with E-state index in [-0.39, 0.29) is 11.8 Å². The Morgan fingerprint density at radius 3 is 2.35 bits per heavy atom. The number of carbonyl (C=O) groups is 1. The van der Waals surface area contributed by atoms with Crippen LogP contribution in [0.5, 0.6) is 0 Å². The number of rotatable bonds is 7. The van der Waals surface area contributed by atoms with E-state index in [0.717, 1.165) is 16.1 Å². The summed E-state index contributed by atoms with van der Waals surface area (Å²) in [6, 6.07) is 15.4. The van der Waals surface area contributed by atoms with Gasteiger partial charge >= 0.3 is 0 Å². The second kappa shape index (κ2) is 8.56. The van der Waals surface area contributed by atoms with Crippen LogP contribution in [0.1, 0.15) is 25.3 Å². The number of sulfonamides is 1. The Bertz CT molecular complexity index is 856. The van der Waals surface area contributed by atoms with Gasteiger partial charge in [-0.1, -0.05) is 54.9 Å². The summed E-state index contributed by atoms with van der Waals surface area (Å²) in [5, 5.41) is 3.24. The fourth-order valence-electron chi connectivity index (χ4n) is 2.72. The summed E-state index contributed by atoms with van der Waals surface area (Å²) >= 11 is 5.97. The second-order valence-corrected chi connectivity index (χ2v) is 8.57. The fourth-order valence-corrected chi connectivity index (χ4v) is 4.07. The molecule has 0 unspecified atom stereocenters. The Kier molecular flexibility index (Phi) is 6.67. The number of carbonyl (C=O) groups excluding carboxylic acids is 1. The number of benzene rings is 2. The number of anilines is 1. The van der Waals surface area contributed by atoms with Gasteiger partial charge in [0, 0.05) is 11.6 Å². The van der Waals surface area contributed by atoms with Gasteiger partial charge in [0.25, 0.3) is 0 Å². The minimum atomic E-state index is -3.66. The molecule has 2 aromatic rings. The molecule has 0 spiro atoms. The van der Waals surface area contributed by atoms with Crippen molar-refractivity contribution in [1.82, 2.24) is 5.32 Å². The highest BCUT2D eigenvalue weighted by Crippen LogP contribution is 2.24. The Morgan fingerprint density at radius 1 is 1.12 bits per heavy atom. The van der Waals surface area contributed by atoms with Gasteiger partial charge in [0.15, 0.2) is 0 Å². The molecule has 0 saturated heterocycles. The number of amides is 1. The first-order valence-electron chi connectivity index (χ1n) is 8.27. The van der Waals surface area contributed by atoms with Gasteiger partial charge in [-0.3, -0.25) is 9.10 Å². The van der Waals surface area contributed by atoms with Gasteiger partial charge in [0.1, 0.15) is 6.04 Å². The molecule has 0 saturated carbocycles. The minimum Gasteiger partial charge on any atom is -0.354 e. The predicted molar refractivity (Wildman–Crippen MR) is 106 cm³/mol. The van der Waals surface area contributed by atoms with E-state index in [1.807, 2.05) is 37.3 Å². The summed E-state index contributed by atoms with van der Waals surface area (Å²) in [5.41, 5.74) is 1.47. The van der Waals surface area contributed by atoms with Crippen molar-refractivity contribution in [3.05, 3.63) is 65.2 Å². The lowest BCUT2D eigenvalue weighted by molar-refractivity contribution is -0.121. The molecule has 0 aliphatic carbocycles. The average Bonchev–Trinajstić information content (AvgIpc) is 2.59. The van der Waals surface area contributed by atoms with Gasteiger partial charge in [0.2, 0.25) is 15.9 Å². The van der Waals surface area contributed by atoms with Crippen LogP contribution in [0.15, 0.2) is 54.6 Å². The molecule has 2 aromatic carbocycles. The van der Waals surface area contributed by atoms with Gasteiger partial charge in [-0.25, -0.2) is 8.42 Å². The molecule has 140 valence electrons. The largest absolute Gasteiger partial charge is 0.354 e. The summed E-state index contributed by atoms with van der Waals surface area (Å²) in [6.45, 7) is 3.98. The molecular formula is C19H23ClN2O3S. The van der Waals surface area contributed by atoms with E-state index in [2.05, 4.69) is 5.32 Å². The molecule has 1 N–H and O–H groups in total. The molecule has 0 heterocycles. The van der Waals surface area contributed by atoms with Crippen LogP contribution in [-0.2, 0) is 14.8 Å². The molecular weight excluding hydrogens is 372 g/mol. The SMILES string of the molecule is C[C@@H](CNC(=O)[C@H](C)N(c1cccc(Cl)c1)S(C)(=O)=O)c1ccccc1. The van der Waals surface area contributed by atoms with Crippen molar-refractivity contribution in [2.75, 3.05) is 17.1 Å². The molecule has 1 amide bonds. The first-order valence-corrected chi connectivity index (χ1v) is 10.5. The molecule has 0 aromatic heterocycles. The van der Waals surface area contributed by atoms with E-state index >= 15 is 0 Å². The van der Waals surface area contributed by atoms with E-state index in [1.165, 1.54) is 6.07 Å². The lowest BCUT2D eigenvalue weighted by Gasteiger charge is -2.28. The fraction of sp³-hybridized carbons (Fsp3) is 0.316. The Balaban J connectivity index is 2.13. The van der Waals surface area contributed by atoms with E-state index in [4.69, 9.17) is 11.6 Å². The predicted octanol–water partition coefficient (Wildman–Crippen LogP) is 3.41. The molecule has 0 fully saturated rings. The minimum absolute atomic E-state index is 0.116. The maximum atomic E-state index is 12.6. The number of hydrogen-bond donors (Lipinski definition) is 1. The first kappa shape index (κ1) is 20.3. The van der Waals surface area contributed by atoms with Gasteiger partial charge in [-0.2, -0.15) is 0 Å². The summed E-state index contributed by atoms with van der Waals surface area (Å²) < 4.78 is 25.6. The zero-order chi connectivity index (χ0) is 19.3. The number of hydrogen-bond acceptors (Lipinski definition) is 3. The third-order valence-corrected chi connectivity index (χ3v) is 5.58. The lowest BCUT2D eigenvalue weighted by atomic mass is 10.0. The molecule has 26 heavy (non-hydrogen) atoms. The normalized spacial score (nSPS) is 13.7. The first-order chi connectivity index (χ1) is 12.2. The topological polar surface area (TPSA) is 66.5 Å². The highest BCUT2D eigenvalue weighted by molar-refractivity contribution is 7.92. The second-order valence-electron chi connectivity index (χ2n) is 6.27. The molecule has 2 rings (SSSR count). The zero-order valence-electron chi connectivity index (χ0n) is 15.0. The van der Waals surface area contributed by atoms with Crippen molar-refractivity contribution in [3.63, 3.8) is 0 Å². The van der Waals surface area contributed by atoms with Crippen LogP contribution in [0.25, 0.3) is 0 Å². The zero-order valence-corrected chi connectivity index (χ0v) is 16.6. The van der Waals surface area contributed by atoms with Gasteiger partial charge in [-0.15, -0.1) is 0 Å². The molecule has 0 aliphatic rings. The summed E-state index contributed by atoms with van der Waals surface area (Å²) in [6.07, 6.45) is 1.07. The summed E-state index contributed by atoms with van der Waals surface area (Å²) in [7, 11) is -3.66. The van der Waals surface area contributed by atoms with Crippen LogP contribution >= 0.6 is 11.6 Å². The molecule has 0 aliphatic heterocycles. The Labute approximate surface area is 160 Å². The smallest absolute Gasteiger partial charge is 0.243 e. The third kappa shape index (κ3) is 5.22. The van der Waals surface area contributed by atoms with E-state index in [1.54, 1.807) is 25.1 Å². The molecule has 0 radical (unpaired) electrons. The maximum Gasteiger partial charge on any atom is 0.243 e. The monoisotopic (exact) mass is 394 g/mol. The van der Waals surface area contributed by atoms with E-state index in [9.17, 15) is 13.2 Å². The number of nitrogens with zero attached hydrogens (tertiary/aromatic N) is 1.